The van der Waals surface area contributed by atoms with E-state index in [1.165, 1.54) is 25.0 Å². The van der Waals surface area contributed by atoms with Crippen LogP contribution in [-0.2, 0) is 6.54 Å². The molecule has 4 rings (SSSR count). The Morgan fingerprint density at radius 3 is 2.93 bits per heavy atom. The fourth-order valence-corrected chi connectivity index (χ4v) is 3.39. The minimum Gasteiger partial charge on any atom is -0.496 e. The van der Waals surface area contributed by atoms with Gasteiger partial charge in [0.1, 0.15) is 17.1 Å². The standard InChI is InChI=1S/C21H22FN3O2/c1-13-7-8-23-19-17(21(26)24-10-14-3-4-14)12-25(20(13)19)11-15-9-16(22)5-6-18(15)27-2/h5-9,12,14H,3-4,10-11H2,1-2H3,(H,24,26). The van der Waals surface area contributed by atoms with Crippen molar-refractivity contribution in [2.45, 2.75) is 26.3 Å². The molecule has 0 atom stereocenters. The molecular weight excluding hydrogens is 345 g/mol. The van der Waals surface area contributed by atoms with E-state index in [0.29, 0.717) is 41.4 Å². The highest BCUT2D eigenvalue weighted by molar-refractivity contribution is 6.06. The van der Waals surface area contributed by atoms with Gasteiger partial charge in [0.15, 0.2) is 0 Å². The number of aryl methyl sites for hydroxylation is 1. The summed E-state index contributed by atoms with van der Waals surface area (Å²) in [5.74, 6) is 0.780. The van der Waals surface area contributed by atoms with E-state index < -0.39 is 0 Å². The molecule has 1 aliphatic carbocycles. The van der Waals surface area contributed by atoms with Gasteiger partial charge < -0.3 is 14.6 Å². The average Bonchev–Trinajstić information content (AvgIpc) is 3.41. The largest absolute Gasteiger partial charge is 0.496 e. The smallest absolute Gasteiger partial charge is 0.255 e. The van der Waals surface area contributed by atoms with E-state index in [9.17, 15) is 9.18 Å². The second kappa shape index (κ2) is 7.02. The number of ether oxygens (including phenoxy) is 1. The van der Waals surface area contributed by atoms with Crippen LogP contribution in [0.1, 0.15) is 34.3 Å². The highest BCUT2D eigenvalue weighted by atomic mass is 19.1. The van der Waals surface area contributed by atoms with Crippen LogP contribution in [0.5, 0.6) is 5.75 Å². The highest BCUT2D eigenvalue weighted by Gasteiger charge is 2.24. The number of halogens is 1. The van der Waals surface area contributed by atoms with Crippen LogP contribution in [-0.4, -0.2) is 29.1 Å². The molecule has 140 valence electrons. The van der Waals surface area contributed by atoms with Crippen LogP contribution < -0.4 is 10.1 Å². The van der Waals surface area contributed by atoms with Gasteiger partial charge in [-0.2, -0.15) is 0 Å². The average molecular weight is 367 g/mol. The van der Waals surface area contributed by atoms with Crippen molar-refractivity contribution in [2.75, 3.05) is 13.7 Å². The number of aromatic nitrogens is 2. The summed E-state index contributed by atoms with van der Waals surface area (Å²) in [4.78, 5) is 17.1. The molecule has 1 aromatic carbocycles. The van der Waals surface area contributed by atoms with Crippen molar-refractivity contribution in [3.63, 3.8) is 0 Å². The predicted molar refractivity (Wildman–Crippen MR) is 102 cm³/mol. The number of carbonyl (C=O) groups is 1. The number of benzene rings is 1. The summed E-state index contributed by atoms with van der Waals surface area (Å²) in [6, 6.07) is 6.36. The fourth-order valence-electron chi connectivity index (χ4n) is 3.39. The third kappa shape index (κ3) is 3.52. The van der Waals surface area contributed by atoms with Crippen LogP contribution in [0.15, 0.2) is 36.7 Å². The Labute approximate surface area is 157 Å². The van der Waals surface area contributed by atoms with Crippen molar-refractivity contribution in [3.05, 3.63) is 59.2 Å². The number of hydrogen-bond donors (Lipinski definition) is 1. The maximum Gasteiger partial charge on any atom is 0.255 e. The normalized spacial score (nSPS) is 13.7. The molecule has 5 nitrogen and oxygen atoms in total. The van der Waals surface area contributed by atoms with Gasteiger partial charge in [-0.05, 0) is 55.5 Å². The van der Waals surface area contributed by atoms with E-state index in [2.05, 4.69) is 10.3 Å². The summed E-state index contributed by atoms with van der Waals surface area (Å²) in [7, 11) is 1.56. The summed E-state index contributed by atoms with van der Waals surface area (Å²) in [5.41, 5.74) is 3.81. The van der Waals surface area contributed by atoms with E-state index in [1.807, 2.05) is 17.6 Å². The van der Waals surface area contributed by atoms with E-state index in [1.54, 1.807) is 25.6 Å². The van der Waals surface area contributed by atoms with Gasteiger partial charge in [-0.15, -0.1) is 0 Å². The number of hydrogen-bond acceptors (Lipinski definition) is 3. The minimum absolute atomic E-state index is 0.116. The molecule has 0 spiro atoms. The molecule has 1 amide bonds. The number of nitrogens with one attached hydrogen (secondary N) is 1. The van der Waals surface area contributed by atoms with Gasteiger partial charge in [-0.25, -0.2) is 4.39 Å². The zero-order valence-corrected chi connectivity index (χ0v) is 15.5. The van der Waals surface area contributed by atoms with E-state index in [-0.39, 0.29) is 11.7 Å². The summed E-state index contributed by atoms with van der Waals surface area (Å²) in [6.45, 7) is 3.07. The van der Waals surface area contributed by atoms with E-state index in [0.717, 1.165) is 11.1 Å². The molecule has 2 aromatic heterocycles. The Hall–Kier alpha value is -2.89. The zero-order valence-electron chi connectivity index (χ0n) is 15.5. The van der Waals surface area contributed by atoms with Crippen molar-refractivity contribution in [3.8, 4) is 5.75 Å². The first-order valence-corrected chi connectivity index (χ1v) is 9.12. The molecular formula is C21H22FN3O2. The second-order valence-electron chi connectivity index (χ2n) is 7.11. The molecule has 0 unspecified atom stereocenters. The molecule has 1 saturated carbocycles. The molecule has 6 heteroatoms. The van der Waals surface area contributed by atoms with Gasteiger partial charge in [0.2, 0.25) is 0 Å². The molecule has 1 aliphatic rings. The first kappa shape index (κ1) is 17.5. The van der Waals surface area contributed by atoms with Gasteiger partial charge >= 0.3 is 0 Å². The number of fused-ring (bicyclic) bond motifs is 1. The lowest BCUT2D eigenvalue weighted by atomic mass is 10.1. The quantitative estimate of drug-likeness (QED) is 0.723. The lowest BCUT2D eigenvalue weighted by Crippen LogP contribution is -2.25. The monoisotopic (exact) mass is 367 g/mol. The number of pyridine rings is 1. The maximum atomic E-state index is 13.8. The van der Waals surface area contributed by atoms with Gasteiger partial charge in [0.25, 0.3) is 5.91 Å². The van der Waals surface area contributed by atoms with Crippen LogP contribution >= 0.6 is 0 Å². The molecule has 27 heavy (non-hydrogen) atoms. The Morgan fingerprint density at radius 2 is 2.19 bits per heavy atom. The Bertz CT molecular complexity index is 1010. The third-order valence-corrected chi connectivity index (χ3v) is 5.03. The Balaban J connectivity index is 1.74. The van der Waals surface area contributed by atoms with E-state index in [4.69, 9.17) is 4.74 Å². The number of carbonyl (C=O) groups excluding carboxylic acids is 1. The lowest BCUT2D eigenvalue weighted by molar-refractivity contribution is 0.0953. The van der Waals surface area contributed by atoms with Crippen molar-refractivity contribution in [1.29, 1.82) is 0 Å². The summed E-state index contributed by atoms with van der Waals surface area (Å²) < 4.78 is 21.1. The molecule has 2 heterocycles. The van der Waals surface area contributed by atoms with E-state index >= 15 is 0 Å². The van der Waals surface area contributed by atoms with Gasteiger partial charge in [-0.3, -0.25) is 9.78 Å². The summed E-state index contributed by atoms with van der Waals surface area (Å²) in [5, 5.41) is 3.00. The Kier molecular flexibility index (Phi) is 4.56. The number of methoxy groups -OCH3 is 1. The first-order valence-electron chi connectivity index (χ1n) is 9.12. The molecule has 1 fully saturated rings. The molecule has 1 N–H and O–H groups in total. The van der Waals surface area contributed by atoms with Crippen molar-refractivity contribution >= 4 is 16.9 Å². The highest BCUT2D eigenvalue weighted by Crippen LogP contribution is 2.29. The lowest BCUT2D eigenvalue weighted by Gasteiger charge is -2.11. The van der Waals surface area contributed by atoms with Gasteiger partial charge in [0.05, 0.1) is 24.7 Å². The maximum absolute atomic E-state index is 13.8. The van der Waals surface area contributed by atoms with Crippen molar-refractivity contribution in [2.24, 2.45) is 5.92 Å². The molecule has 3 aromatic rings. The Morgan fingerprint density at radius 1 is 1.37 bits per heavy atom. The fraction of sp³-hybridized carbons (Fsp3) is 0.333. The van der Waals surface area contributed by atoms with Crippen LogP contribution in [0.3, 0.4) is 0 Å². The first-order chi connectivity index (χ1) is 13.1. The minimum atomic E-state index is -0.320. The van der Waals surface area contributed by atoms with Crippen LogP contribution in [0.25, 0.3) is 11.0 Å². The van der Waals surface area contributed by atoms with Crippen LogP contribution in [0.4, 0.5) is 4.39 Å². The third-order valence-electron chi connectivity index (χ3n) is 5.03. The summed E-state index contributed by atoms with van der Waals surface area (Å²) in [6.07, 6.45) is 5.87. The van der Waals surface area contributed by atoms with Crippen LogP contribution in [0, 0.1) is 18.7 Å². The number of rotatable bonds is 6. The molecule has 0 radical (unpaired) electrons. The predicted octanol–water partition coefficient (Wildman–Crippen LogP) is 3.68. The van der Waals surface area contributed by atoms with Gasteiger partial charge in [-0.1, -0.05) is 0 Å². The molecule has 0 saturated heterocycles. The van der Waals surface area contributed by atoms with Gasteiger partial charge in [0, 0.05) is 24.5 Å². The molecule has 0 aliphatic heterocycles. The topological polar surface area (TPSA) is 56.1 Å². The second-order valence-corrected chi connectivity index (χ2v) is 7.11. The van der Waals surface area contributed by atoms with Crippen molar-refractivity contribution < 1.29 is 13.9 Å². The zero-order chi connectivity index (χ0) is 19.0. The van der Waals surface area contributed by atoms with Crippen LogP contribution in [0.2, 0.25) is 0 Å². The van der Waals surface area contributed by atoms with Crippen molar-refractivity contribution in [1.82, 2.24) is 14.9 Å². The SMILES string of the molecule is COc1ccc(F)cc1Cn1cc(C(=O)NCC2CC2)c2nccc(C)c21. The molecule has 0 bridgehead atoms. The number of amides is 1. The number of nitrogens with zero attached hydrogens (tertiary/aromatic N) is 2. The summed E-state index contributed by atoms with van der Waals surface area (Å²) >= 11 is 0.